The molecule has 1 radical (unpaired) electrons. The molecule has 1 N–H and O–H groups in total. The summed E-state index contributed by atoms with van der Waals surface area (Å²) in [5.41, 5.74) is 0. The topological polar surface area (TPSA) is 29.1 Å². The molecule has 25 heavy (non-hydrogen) atoms. The Morgan fingerprint density at radius 1 is 0.880 bits per heavy atom. The van der Waals surface area contributed by atoms with Gasteiger partial charge in [0.05, 0.1) is 0 Å². The van der Waals surface area contributed by atoms with E-state index in [1.807, 2.05) is 0 Å². The third-order valence-electron chi connectivity index (χ3n) is 4.56. The third kappa shape index (κ3) is 17.6. The Labute approximate surface area is 157 Å². The van der Waals surface area contributed by atoms with Crippen molar-refractivity contribution in [1.29, 1.82) is 0 Å². The second kappa shape index (κ2) is 19.3. The number of carbonyl (C=O) groups is 1. The average Bonchev–Trinajstić information content (AvgIpc) is 2.62. The number of amides is 1. The maximum atomic E-state index is 11.8. The second-order valence-corrected chi connectivity index (χ2v) is 6.94. The summed E-state index contributed by atoms with van der Waals surface area (Å²) < 4.78 is 0. The van der Waals surface area contributed by atoms with Gasteiger partial charge >= 0.3 is 0 Å². The second-order valence-electron chi connectivity index (χ2n) is 6.94. The van der Waals surface area contributed by atoms with Crippen LogP contribution in [0.15, 0.2) is 24.3 Å². The molecular formula is C23H42NO. The number of allylic oxidation sites excluding steroid dienone is 4. The number of rotatable bonds is 17. The number of hydrogen-bond donors (Lipinski definition) is 1. The van der Waals surface area contributed by atoms with Crippen molar-refractivity contribution in [2.45, 2.75) is 110 Å². The Balaban J connectivity index is 3.35. The fraction of sp³-hybridized carbons (Fsp3) is 0.739. The lowest BCUT2D eigenvalue weighted by molar-refractivity contribution is -0.121. The maximum absolute atomic E-state index is 11.8. The molecule has 0 aliphatic rings. The molecule has 0 saturated carbocycles. The van der Waals surface area contributed by atoms with Crippen molar-refractivity contribution >= 4 is 5.91 Å². The zero-order valence-corrected chi connectivity index (χ0v) is 16.9. The standard InChI is InChI=1S/C23H42NO/c1-4-7-8-9-10-11-12-13-14-15-16-17-18-19-20-21-23(25)24-22(5-2)6-3/h10-11,13-14,22H,2,4-9,12,15-21H2,1,3H3,(H,24,25)/b11-10-,14-13-. The molecule has 2 nitrogen and oxygen atoms in total. The van der Waals surface area contributed by atoms with Crippen LogP contribution in [0.25, 0.3) is 0 Å². The summed E-state index contributed by atoms with van der Waals surface area (Å²) in [5.74, 6) is 0.196. The van der Waals surface area contributed by atoms with Gasteiger partial charge in [-0.1, -0.05) is 77.2 Å². The van der Waals surface area contributed by atoms with Crippen LogP contribution in [-0.4, -0.2) is 11.9 Å². The van der Waals surface area contributed by atoms with Crippen LogP contribution in [0.1, 0.15) is 104 Å². The molecule has 1 unspecified atom stereocenters. The van der Waals surface area contributed by atoms with Crippen LogP contribution < -0.4 is 5.32 Å². The molecule has 0 aromatic carbocycles. The Bertz CT molecular complexity index is 342. The van der Waals surface area contributed by atoms with E-state index in [1.165, 1.54) is 57.8 Å². The molecular weight excluding hydrogens is 306 g/mol. The summed E-state index contributed by atoms with van der Waals surface area (Å²) in [6, 6.07) is 0.255. The van der Waals surface area contributed by atoms with E-state index in [2.05, 4.69) is 50.4 Å². The zero-order valence-electron chi connectivity index (χ0n) is 16.9. The molecule has 0 saturated heterocycles. The summed E-state index contributed by atoms with van der Waals surface area (Å²) in [6.45, 7) is 8.20. The van der Waals surface area contributed by atoms with Gasteiger partial charge in [-0.15, -0.1) is 0 Å². The Hall–Kier alpha value is -1.05. The first-order chi connectivity index (χ1) is 12.2. The van der Waals surface area contributed by atoms with E-state index in [1.54, 1.807) is 0 Å². The average molecular weight is 349 g/mol. The molecule has 1 atom stereocenters. The number of carbonyl (C=O) groups excluding carboxylic acids is 1. The Morgan fingerprint density at radius 3 is 2.08 bits per heavy atom. The van der Waals surface area contributed by atoms with Gasteiger partial charge in [0.15, 0.2) is 0 Å². The Kier molecular flexibility index (Phi) is 18.5. The van der Waals surface area contributed by atoms with Gasteiger partial charge in [0.2, 0.25) is 5.91 Å². The molecule has 2 heteroatoms. The zero-order chi connectivity index (χ0) is 18.6. The highest BCUT2D eigenvalue weighted by Crippen LogP contribution is 2.08. The summed E-state index contributed by atoms with van der Waals surface area (Å²) >= 11 is 0. The van der Waals surface area contributed by atoms with Gasteiger partial charge in [-0.3, -0.25) is 4.79 Å². The van der Waals surface area contributed by atoms with Crippen LogP contribution in [0.5, 0.6) is 0 Å². The number of hydrogen-bond acceptors (Lipinski definition) is 1. The van der Waals surface area contributed by atoms with Crippen LogP contribution in [0.2, 0.25) is 0 Å². The number of unbranched alkanes of at least 4 members (excludes halogenated alkanes) is 8. The predicted octanol–water partition coefficient (Wildman–Crippen LogP) is 6.92. The smallest absolute Gasteiger partial charge is 0.220 e. The third-order valence-corrected chi connectivity index (χ3v) is 4.56. The minimum atomic E-state index is 0.196. The minimum absolute atomic E-state index is 0.196. The van der Waals surface area contributed by atoms with E-state index in [-0.39, 0.29) is 11.9 Å². The normalized spacial score (nSPS) is 11.8. The van der Waals surface area contributed by atoms with Crippen molar-refractivity contribution in [3.05, 3.63) is 31.2 Å². The van der Waals surface area contributed by atoms with Crippen molar-refractivity contribution in [2.24, 2.45) is 0 Å². The summed E-state index contributed by atoms with van der Waals surface area (Å²) in [4.78, 5) is 11.8. The van der Waals surface area contributed by atoms with Crippen molar-refractivity contribution < 1.29 is 4.79 Å². The van der Waals surface area contributed by atoms with Gasteiger partial charge in [0.1, 0.15) is 0 Å². The van der Waals surface area contributed by atoms with E-state index in [0.29, 0.717) is 6.42 Å². The van der Waals surface area contributed by atoms with Gasteiger partial charge in [0.25, 0.3) is 0 Å². The fourth-order valence-electron chi connectivity index (χ4n) is 2.78. The van der Waals surface area contributed by atoms with Crippen LogP contribution in [0, 0.1) is 6.92 Å². The van der Waals surface area contributed by atoms with Crippen LogP contribution in [0.4, 0.5) is 0 Å². The summed E-state index contributed by atoms with van der Waals surface area (Å²) in [5, 5.41) is 3.05. The van der Waals surface area contributed by atoms with E-state index in [4.69, 9.17) is 0 Å². The summed E-state index contributed by atoms with van der Waals surface area (Å²) in [6.07, 6.45) is 25.0. The highest BCUT2D eigenvalue weighted by atomic mass is 16.1. The van der Waals surface area contributed by atoms with Gasteiger partial charge in [-0.2, -0.15) is 0 Å². The Morgan fingerprint density at radius 2 is 1.48 bits per heavy atom. The summed E-state index contributed by atoms with van der Waals surface area (Å²) in [7, 11) is 0. The van der Waals surface area contributed by atoms with E-state index >= 15 is 0 Å². The SMILES string of the molecule is [CH2]CC(CC)NC(=O)CCCCCCC/C=C\C/C=C\CCCCC. The molecule has 0 aromatic heterocycles. The molecule has 0 spiro atoms. The van der Waals surface area contributed by atoms with Gasteiger partial charge < -0.3 is 5.32 Å². The molecule has 0 aromatic rings. The number of nitrogens with one attached hydrogen (secondary N) is 1. The molecule has 0 aliphatic heterocycles. The van der Waals surface area contributed by atoms with Crippen LogP contribution in [0.3, 0.4) is 0 Å². The first-order valence-corrected chi connectivity index (χ1v) is 10.6. The van der Waals surface area contributed by atoms with E-state index in [0.717, 1.165) is 25.7 Å². The first-order valence-electron chi connectivity index (χ1n) is 10.6. The predicted molar refractivity (Wildman–Crippen MR) is 112 cm³/mol. The van der Waals surface area contributed by atoms with Crippen molar-refractivity contribution in [2.75, 3.05) is 0 Å². The molecule has 0 bridgehead atoms. The molecule has 1 amide bonds. The lowest BCUT2D eigenvalue weighted by atomic mass is 10.1. The highest BCUT2D eigenvalue weighted by molar-refractivity contribution is 5.76. The first kappa shape index (κ1) is 23.9. The van der Waals surface area contributed by atoms with Gasteiger partial charge in [-0.05, 0) is 51.4 Å². The highest BCUT2D eigenvalue weighted by Gasteiger charge is 2.07. The molecule has 0 aliphatic carbocycles. The molecule has 145 valence electrons. The quantitative estimate of drug-likeness (QED) is 0.224. The largest absolute Gasteiger partial charge is 0.353 e. The van der Waals surface area contributed by atoms with Crippen molar-refractivity contribution in [1.82, 2.24) is 5.32 Å². The van der Waals surface area contributed by atoms with Crippen molar-refractivity contribution in [3.63, 3.8) is 0 Å². The molecule has 0 rings (SSSR count). The molecule has 0 fully saturated rings. The lowest BCUT2D eigenvalue weighted by Crippen LogP contribution is -2.33. The van der Waals surface area contributed by atoms with E-state index in [9.17, 15) is 4.79 Å². The molecule has 0 heterocycles. The van der Waals surface area contributed by atoms with Gasteiger partial charge in [-0.25, -0.2) is 0 Å². The maximum Gasteiger partial charge on any atom is 0.220 e. The lowest BCUT2D eigenvalue weighted by Gasteiger charge is -2.14. The van der Waals surface area contributed by atoms with Crippen molar-refractivity contribution in [3.8, 4) is 0 Å². The van der Waals surface area contributed by atoms with E-state index < -0.39 is 0 Å². The van der Waals surface area contributed by atoms with Crippen LogP contribution >= 0.6 is 0 Å². The fourth-order valence-corrected chi connectivity index (χ4v) is 2.78. The van der Waals surface area contributed by atoms with Crippen LogP contribution in [-0.2, 0) is 4.79 Å². The van der Waals surface area contributed by atoms with Gasteiger partial charge in [0, 0.05) is 12.5 Å². The minimum Gasteiger partial charge on any atom is -0.353 e. The monoisotopic (exact) mass is 348 g/mol.